The molecule has 20 heavy (non-hydrogen) atoms. The molecule has 1 unspecified atom stereocenters. The number of aliphatic hydroxyl groups excluding tert-OH is 1. The van der Waals surface area contributed by atoms with Gasteiger partial charge >= 0.3 is 0 Å². The van der Waals surface area contributed by atoms with Crippen molar-refractivity contribution >= 4 is 0 Å². The molecule has 1 atom stereocenters. The zero-order valence-corrected chi connectivity index (χ0v) is 15.8. The summed E-state index contributed by atoms with van der Waals surface area (Å²) < 4.78 is 1.23. The molecule has 3 heteroatoms. The number of hydrogen-bond acceptors (Lipinski definition) is 1. The van der Waals surface area contributed by atoms with Crippen LogP contribution in [0, 0.1) is 0 Å². The van der Waals surface area contributed by atoms with E-state index in [2.05, 4.69) is 20.9 Å². The molecular weight excluding hydrogens is 314 g/mol. The van der Waals surface area contributed by atoms with E-state index in [1.54, 1.807) is 0 Å². The minimum absolute atomic E-state index is 0. The molecule has 0 saturated carbocycles. The summed E-state index contributed by atoms with van der Waals surface area (Å²) in [6, 6.07) is 0. The Kier molecular flexibility index (Phi) is 17.9. The van der Waals surface area contributed by atoms with Gasteiger partial charge in [-0.2, -0.15) is 0 Å². The molecule has 0 radical (unpaired) electrons. The number of aliphatic hydroxyl groups is 1. The lowest BCUT2D eigenvalue weighted by atomic mass is 10.1. The standard InChI is InChI=1S/C17H38NO.BrH/c1-4-6-8-9-11-15-18(3,14-10-7-5-2)16-12-13-17-19;/h19H,4-17H2,1-3H3;1H/q+1;/p-1. The molecule has 0 aliphatic heterocycles. The third kappa shape index (κ3) is 13.4. The summed E-state index contributed by atoms with van der Waals surface area (Å²) in [4.78, 5) is 0. The van der Waals surface area contributed by atoms with E-state index in [9.17, 15) is 0 Å². The lowest BCUT2D eigenvalue weighted by Gasteiger charge is -2.35. The molecule has 0 amide bonds. The van der Waals surface area contributed by atoms with Gasteiger partial charge in [0, 0.05) is 6.61 Å². The molecule has 0 rings (SSSR count). The molecule has 0 saturated heterocycles. The summed E-state index contributed by atoms with van der Waals surface area (Å²) in [5.74, 6) is 0. The predicted octanol–water partition coefficient (Wildman–Crippen LogP) is 1.37. The van der Waals surface area contributed by atoms with Crippen molar-refractivity contribution in [2.45, 2.75) is 78.1 Å². The molecular formula is C17H38BrNO. The van der Waals surface area contributed by atoms with Crippen molar-refractivity contribution in [3.63, 3.8) is 0 Å². The molecule has 0 fully saturated rings. The monoisotopic (exact) mass is 351 g/mol. The number of quaternary nitrogens is 1. The molecule has 2 nitrogen and oxygen atoms in total. The fourth-order valence-corrected chi connectivity index (χ4v) is 2.78. The van der Waals surface area contributed by atoms with Crippen molar-refractivity contribution < 1.29 is 26.6 Å². The number of unbranched alkanes of at least 4 members (excludes halogenated alkanes) is 7. The van der Waals surface area contributed by atoms with Crippen molar-refractivity contribution in [1.29, 1.82) is 0 Å². The highest BCUT2D eigenvalue weighted by Gasteiger charge is 2.19. The predicted molar refractivity (Wildman–Crippen MR) is 85.4 cm³/mol. The minimum atomic E-state index is 0. The van der Waals surface area contributed by atoms with Crippen LogP contribution in [0.25, 0.3) is 0 Å². The molecule has 0 aliphatic carbocycles. The van der Waals surface area contributed by atoms with Crippen LogP contribution >= 0.6 is 0 Å². The van der Waals surface area contributed by atoms with E-state index < -0.39 is 0 Å². The van der Waals surface area contributed by atoms with E-state index in [0.717, 1.165) is 6.42 Å². The smallest absolute Gasteiger partial charge is 0.0785 e. The first kappa shape index (κ1) is 22.7. The second-order valence-corrected chi connectivity index (χ2v) is 6.34. The van der Waals surface area contributed by atoms with Crippen LogP contribution in [0.15, 0.2) is 0 Å². The summed E-state index contributed by atoms with van der Waals surface area (Å²) in [6.45, 7) is 8.82. The Bertz CT molecular complexity index is 178. The Labute approximate surface area is 138 Å². The van der Waals surface area contributed by atoms with E-state index in [1.807, 2.05) is 0 Å². The summed E-state index contributed by atoms with van der Waals surface area (Å²) >= 11 is 0. The van der Waals surface area contributed by atoms with Gasteiger partial charge < -0.3 is 26.6 Å². The Morgan fingerprint density at radius 2 is 1.05 bits per heavy atom. The Morgan fingerprint density at radius 1 is 0.650 bits per heavy atom. The van der Waals surface area contributed by atoms with Gasteiger partial charge in [0.25, 0.3) is 0 Å². The van der Waals surface area contributed by atoms with Crippen LogP contribution in [-0.2, 0) is 0 Å². The van der Waals surface area contributed by atoms with E-state index in [-0.39, 0.29) is 17.0 Å². The van der Waals surface area contributed by atoms with Crippen molar-refractivity contribution in [2.75, 3.05) is 33.3 Å². The summed E-state index contributed by atoms with van der Waals surface area (Å²) in [6.07, 6.45) is 13.1. The van der Waals surface area contributed by atoms with Crippen LogP contribution in [-0.4, -0.2) is 42.9 Å². The van der Waals surface area contributed by atoms with Crippen molar-refractivity contribution in [3.05, 3.63) is 0 Å². The van der Waals surface area contributed by atoms with Crippen molar-refractivity contribution in [3.8, 4) is 0 Å². The fourth-order valence-electron chi connectivity index (χ4n) is 2.78. The fraction of sp³-hybridized carbons (Fsp3) is 1.00. The van der Waals surface area contributed by atoms with Crippen molar-refractivity contribution in [1.82, 2.24) is 0 Å². The Hall–Kier alpha value is 0.400. The highest BCUT2D eigenvalue weighted by atomic mass is 79.9. The van der Waals surface area contributed by atoms with Gasteiger partial charge in [0.05, 0.1) is 26.7 Å². The average Bonchev–Trinajstić information content (AvgIpc) is 2.39. The Morgan fingerprint density at radius 3 is 1.55 bits per heavy atom. The van der Waals surface area contributed by atoms with E-state index in [1.165, 1.54) is 81.9 Å². The average molecular weight is 352 g/mol. The SMILES string of the molecule is CCCCCCC[N+](C)(CCCCC)CCCCO.[Br-]. The van der Waals surface area contributed by atoms with Gasteiger partial charge in [-0.1, -0.05) is 39.5 Å². The van der Waals surface area contributed by atoms with Crippen LogP contribution in [0.5, 0.6) is 0 Å². The first-order valence-corrected chi connectivity index (χ1v) is 8.63. The van der Waals surface area contributed by atoms with E-state index in [0.29, 0.717) is 6.61 Å². The molecule has 0 aromatic heterocycles. The molecule has 0 aromatic rings. The molecule has 0 aliphatic rings. The maximum atomic E-state index is 8.94. The number of halogens is 1. The summed E-state index contributed by atoms with van der Waals surface area (Å²) in [7, 11) is 2.42. The third-order valence-electron chi connectivity index (χ3n) is 4.21. The first-order chi connectivity index (χ1) is 9.18. The molecule has 0 spiro atoms. The van der Waals surface area contributed by atoms with E-state index in [4.69, 9.17) is 5.11 Å². The van der Waals surface area contributed by atoms with Gasteiger partial charge in [0.15, 0.2) is 0 Å². The van der Waals surface area contributed by atoms with Crippen LogP contribution in [0.3, 0.4) is 0 Å². The van der Waals surface area contributed by atoms with Crippen molar-refractivity contribution in [2.24, 2.45) is 0 Å². The summed E-state index contributed by atoms with van der Waals surface area (Å²) in [5, 5.41) is 8.94. The largest absolute Gasteiger partial charge is 1.00 e. The van der Waals surface area contributed by atoms with Gasteiger partial charge in [-0.05, 0) is 38.5 Å². The lowest BCUT2D eigenvalue weighted by molar-refractivity contribution is -0.910. The topological polar surface area (TPSA) is 20.2 Å². The molecule has 1 N–H and O–H groups in total. The normalized spacial score (nSPS) is 13.8. The molecule has 0 heterocycles. The van der Waals surface area contributed by atoms with Crippen LogP contribution in [0.2, 0.25) is 0 Å². The zero-order chi connectivity index (χ0) is 14.4. The van der Waals surface area contributed by atoms with Gasteiger partial charge in [0.1, 0.15) is 0 Å². The van der Waals surface area contributed by atoms with Crippen LogP contribution in [0.1, 0.15) is 78.1 Å². The third-order valence-corrected chi connectivity index (χ3v) is 4.21. The van der Waals surface area contributed by atoms with Crippen LogP contribution < -0.4 is 17.0 Å². The molecule has 124 valence electrons. The second-order valence-electron chi connectivity index (χ2n) is 6.34. The quantitative estimate of drug-likeness (QED) is 0.370. The minimum Gasteiger partial charge on any atom is -1.00 e. The highest BCUT2D eigenvalue weighted by Crippen LogP contribution is 2.13. The van der Waals surface area contributed by atoms with Crippen LogP contribution in [0.4, 0.5) is 0 Å². The highest BCUT2D eigenvalue weighted by molar-refractivity contribution is 4.48. The molecule has 0 aromatic carbocycles. The number of hydrogen-bond donors (Lipinski definition) is 1. The first-order valence-electron chi connectivity index (χ1n) is 8.63. The Balaban J connectivity index is 0. The maximum Gasteiger partial charge on any atom is 0.0785 e. The number of nitrogens with zero attached hydrogens (tertiary/aromatic N) is 1. The molecule has 0 bridgehead atoms. The second kappa shape index (κ2) is 15.8. The number of rotatable bonds is 14. The zero-order valence-electron chi connectivity index (χ0n) is 14.2. The summed E-state index contributed by atoms with van der Waals surface area (Å²) in [5.41, 5.74) is 0. The van der Waals surface area contributed by atoms with Gasteiger partial charge in [-0.3, -0.25) is 0 Å². The van der Waals surface area contributed by atoms with Gasteiger partial charge in [-0.25, -0.2) is 0 Å². The lowest BCUT2D eigenvalue weighted by Crippen LogP contribution is -3.00. The van der Waals surface area contributed by atoms with Gasteiger partial charge in [-0.15, -0.1) is 0 Å². The van der Waals surface area contributed by atoms with E-state index >= 15 is 0 Å². The maximum absolute atomic E-state index is 8.94. The van der Waals surface area contributed by atoms with Gasteiger partial charge in [0.2, 0.25) is 0 Å².